The second-order valence-electron chi connectivity index (χ2n) is 15.1. The molecule has 0 unspecified atom stereocenters. The van der Waals surface area contributed by atoms with Gasteiger partial charge in [-0.05, 0) is 107 Å². The molecule has 52 heavy (non-hydrogen) atoms. The summed E-state index contributed by atoms with van der Waals surface area (Å²) in [6, 6.07) is 20.4. The lowest BCUT2D eigenvalue weighted by molar-refractivity contribution is -0.122. The molecule has 6 heterocycles. The van der Waals surface area contributed by atoms with Gasteiger partial charge in [0.25, 0.3) is 0 Å². The topological polar surface area (TPSA) is 118 Å². The Balaban J connectivity index is 0.000000138. The van der Waals surface area contributed by atoms with Crippen molar-refractivity contribution >= 4 is 23.2 Å². The van der Waals surface area contributed by atoms with Crippen molar-refractivity contribution in [3.63, 3.8) is 0 Å². The van der Waals surface area contributed by atoms with Crippen molar-refractivity contribution in [2.45, 2.75) is 76.3 Å². The van der Waals surface area contributed by atoms with Crippen LogP contribution in [0, 0.1) is 0 Å². The number of hydrogen-bond acceptors (Lipinski definition) is 8. The van der Waals surface area contributed by atoms with Crippen molar-refractivity contribution in [2.75, 3.05) is 9.80 Å². The van der Waals surface area contributed by atoms with E-state index in [-0.39, 0.29) is 11.8 Å². The number of aromatic nitrogens is 4. The Hall–Kier alpha value is -5.90. The van der Waals surface area contributed by atoms with Gasteiger partial charge in [-0.2, -0.15) is 0 Å². The lowest BCUT2D eigenvalue weighted by Gasteiger charge is -2.19. The van der Waals surface area contributed by atoms with Crippen LogP contribution in [0.2, 0.25) is 0 Å². The summed E-state index contributed by atoms with van der Waals surface area (Å²) in [5.74, 6) is 2.90. The molecule has 4 aromatic heterocycles. The molecule has 2 aromatic carbocycles. The fourth-order valence-electron chi connectivity index (χ4n) is 7.33. The van der Waals surface area contributed by atoms with Crippen molar-refractivity contribution in [1.29, 1.82) is 0 Å². The number of oxazole rings is 2. The van der Waals surface area contributed by atoms with Gasteiger partial charge in [0, 0.05) is 70.5 Å². The number of amides is 2. The van der Waals surface area contributed by atoms with Crippen molar-refractivity contribution in [3.05, 3.63) is 109 Å². The van der Waals surface area contributed by atoms with Crippen LogP contribution >= 0.6 is 0 Å². The van der Waals surface area contributed by atoms with Gasteiger partial charge in [0.05, 0.1) is 23.2 Å². The van der Waals surface area contributed by atoms with Crippen LogP contribution in [0.25, 0.3) is 45.6 Å². The highest BCUT2D eigenvalue weighted by molar-refractivity contribution is 6.09. The Morgan fingerprint density at radius 2 is 1.10 bits per heavy atom. The van der Waals surface area contributed by atoms with E-state index in [2.05, 4.69) is 32.1 Å². The number of rotatable bonds is 6. The van der Waals surface area contributed by atoms with E-state index in [1.807, 2.05) is 86.0 Å². The molecule has 0 atom stereocenters. The summed E-state index contributed by atoms with van der Waals surface area (Å²) in [5.41, 5.74) is 6.84. The van der Waals surface area contributed by atoms with E-state index in [1.165, 1.54) is 0 Å². The average molecular weight is 691 g/mol. The van der Waals surface area contributed by atoms with Crippen molar-refractivity contribution in [2.24, 2.45) is 0 Å². The van der Waals surface area contributed by atoms with Crippen LogP contribution in [0.4, 0.5) is 11.4 Å². The predicted molar refractivity (Wildman–Crippen MR) is 197 cm³/mol. The minimum absolute atomic E-state index is 0.190. The van der Waals surface area contributed by atoms with Crippen LogP contribution in [0.3, 0.4) is 0 Å². The van der Waals surface area contributed by atoms with Gasteiger partial charge in [-0.15, -0.1) is 0 Å². The lowest BCUT2D eigenvalue weighted by Crippen LogP contribution is -2.37. The molecule has 2 aliphatic heterocycles. The number of carbonyl (C=O) groups is 2. The first-order chi connectivity index (χ1) is 25.1. The van der Waals surface area contributed by atoms with Crippen LogP contribution in [-0.2, 0) is 20.4 Å². The van der Waals surface area contributed by atoms with Crippen LogP contribution < -0.4 is 9.80 Å². The summed E-state index contributed by atoms with van der Waals surface area (Å²) in [7, 11) is 0. The molecule has 0 spiro atoms. The highest BCUT2D eigenvalue weighted by Crippen LogP contribution is 2.49. The minimum Gasteiger partial charge on any atom is -0.436 e. The molecule has 0 radical (unpaired) electrons. The van der Waals surface area contributed by atoms with E-state index < -0.39 is 10.8 Å². The quantitative estimate of drug-likeness (QED) is 0.171. The zero-order valence-electron chi connectivity index (χ0n) is 29.5. The Kier molecular flexibility index (Phi) is 7.29. The largest absolute Gasteiger partial charge is 0.436 e. The maximum Gasteiger partial charge on any atom is 0.237 e. The second-order valence-corrected chi connectivity index (χ2v) is 15.1. The number of pyridine rings is 2. The van der Waals surface area contributed by atoms with E-state index in [1.54, 1.807) is 37.2 Å². The molecule has 0 N–H and O–H groups in total. The predicted octanol–water partition coefficient (Wildman–Crippen LogP) is 8.38. The van der Waals surface area contributed by atoms with E-state index in [9.17, 15) is 9.59 Å². The molecule has 6 aromatic rings. The third-order valence-corrected chi connectivity index (χ3v) is 10.6. The van der Waals surface area contributed by atoms with Crippen molar-refractivity contribution in [1.82, 2.24) is 19.9 Å². The first-order valence-corrected chi connectivity index (χ1v) is 17.8. The minimum atomic E-state index is -0.478. The van der Waals surface area contributed by atoms with E-state index in [0.717, 1.165) is 70.4 Å². The summed E-state index contributed by atoms with van der Waals surface area (Å²) in [4.78, 5) is 46.7. The number of hydrogen-bond donors (Lipinski definition) is 0. The maximum absolute atomic E-state index is 12.9. The monoisotopic (exact) mass is 690 g/mol. The zero-order valence-corrected chi connectivity index (χ0v) is 29.5. The summed E-state index contributed by atoms with van der Waals surface area (Å²) >= 11 is 0. The van der Waals surface area contributed by atoms with E-state index in [0.29, 0.717) is 35.4 Å². The maximum atomic E-state index is 12.9. The van der Waals surface area contributed by atoms with Gasteiger partial charge in [0.1, 0.15) is 0 Å². The Morgan fingerprint density at radius 3 is 1.63 bits per heavy atom. The molecule has 10 nitrogen and oxygen atoms in total. The van der Waals surface area contributed by atoms with Gasteiger partial charge in [0.15, 0.2) is 11.5 Å². The number of nitrogens with zero attached hydrogens (tertiary/aromatic N) is 6. The van der Waals surface area contributed by atoms with Gasteiger partial charge >= 0.3 is 0 Å². The zero-order chi connectivity index (χ0) is 35.8. The summed E-state index contributed by atoms with van der Waals surface area (Å²) < 4.78 is 11.9. The molecule has 2 amide bonds. The Labute approximate surface area is 301 Å². The van der Waals surface area contributed by atoms with Crippen LogP contribution in [0.15, 0.2) is 107 Å². The molecule has 0 bridgehead atoms. The van der Waals surface area contributed by atoms with Crippen molar-refractivity contribution < 1.29 is 18.4 Å². The van der Waals surface area contributed by atoms with E-state index >= 15 is 0 Å². The van der Waals surface area contributed by atoms with Gasteiger partial charge in [-0.3, -0.25) is 19.6 Å². The second kappa shape index (κ2) is 11.8. The SMILES string of the molecule is CC1(C)C(=O)N(C2CC2)c2cc(-c3cnc(-c4ccncc4)o3)ccc21.CC1(C)C(=O)N(C2CC2)c2cc(-c3ncc(-c4cccnc4)o3)ccc21. The Morgan fingerprint density at radius 1 is 0.577 bits per heavy atom. The van der Waals surface area contributed by atoms with E-state index in [4.69, 9.17) is 8.83 Å². The fourth-order valence-corrected chi connectivity index (χ4v) is 7.33. The molecule has 2 saturated carbocycles. The third kappa shape index (κ3) is 5.32. The fraction of sp³-hybridized carbons (Fsp3) is 0.286. The van der Waals surface area contributed by atoms with Gasteiger partial charge in [-0.1, -0.05) is 18.2 Å². The molecule has 10 rings (SSSR count). The van der Waals surface area contributed by atoms with Crippen LogP contribution in [-0.4, -0.2) is 43.8 Å². The summed E-state index contributed by atoms with van der Waals surface area (Å²) in [6.45, 7) is 8.02. The smallest absolute Gasteiger partial charge is 0.237 e. The molecular formula is C42H38N6O4. The summed E-state index contributed by atoms with van der Waals surface area (Å²) in [5, 5.41) is 0. The van der Waals surface area contributed by atoms with Gasteiger partial charge in [-0.25, -0.2) is 9.97 Å². The van der Waals surface area contributed by atoms with Crippen LogP contribution in [0.5, 0.6) is 0 Å². The van der Waals surface area contributed by atoms with Gasteiger partial charge < -0.3 is 18.6 Å². The standard InChI is InChI=1S/2C21H19N3O2/c1-21(2)16-6-3-14(11-17(16)24(20(21)25)15-4-5-15)18-12-23-19(26-18)13-7-9-22-10-8-13;1-21(2)16-8-5-13(10-17(16)24(20(21)25)15-6-7-15)19-23-12-18(26-19)14-4-3-9-22-11-14/h3,6-12,15H,4-5H2,1-2H3;3-5,8-12,15H,6-7H2,1-2H3. The average Bonchev–Trinajstić information content (AvgIpc) is 4.04. The Bertz CT molecular complexity index is 2170. The van der Waals surface area contributed by atoms with Crippen LogP contribution in [0.1, 0.15) is 64.5 Å². The molecule has 2 fully saturated rings. The number of anilines is 2. The third-order valence-electron chi connectivity index (χ3n) is 10.6. The molecule has 10 heteroatoms. The molecular weight excluding hydrogens is 653 g/mol. The van der Waals surface area contributed by atoms with Crippen molar-refractivity contribution in [3.8, 4) is 45.6 Å². The number of fused-ring (bicyclic) bond motifs is 2. The number of carbonyl (C=O) groups excluding carboxylic acids is 2. The highest BCUT2D eigenvalue weighted by atomic mass is 16.4. The normalized spacial score (nSPS) is 18.2. The summed E-state index contributed by atoms with van der Waals surface area (Å²) in [6.07, 6.45) is 14.7. The number of benzene rings is 2. The first kappa shape index (κ1) is 32.0. The lowest BCUT2D eigenvalue weighted by atomic mass is 9.86. The molecule has 0 saturated heterocycles. The molecule has 4 aliphatic rings. The first-order valence-electron chi connectivity index (χ1n) is 17.8. The highest BCUT2D eigenvalue weighted by Gasteiger charge is 2.50. The molecule has 2 aliphatic carbocycles. The van der Waals surface area contributed by atoms with Gasteiger partial charge in [0.2, 0.25) is 23.6 Å². The molecule has 260 valence electrons.